The van der Waals surface area contributed by atoms with E-state index in [1.165, 1.54) is 0 Å². The lowest BCUT2D eigenvalue weighted by Gasteiger charge is -2.39. The van der Waals surface area contributed by atoms with Crippen molar-refractivity contribution in [3.8, 4) is 0 Å². The summed E-state index contributed by atoms with van der Waals surface area (Å²) in [4.78, 5) is 24.3. The number of hydrogen-bond donors (Lipinski definition) is 1. The predicted octanol–water partition coefficient (Wildman–Crippen LogP) is 2.69. The summed E-state index contributed by atoms with van der Waals surface area (Å²) in [6.45, 7) is 2.10. The molecule has 2 saturated heterocycles. The van der Waals surface area contributed by atoms with Crippen LogP contribution in [0.2, 0.25) is 0 Å². The summed E-state index contributed by atoms with van der Waals surface area (Å²) < 4.78 is 6.82. The Morgan fingerprint density at radius 3 is 3.00 bits per heavy atom. The third-order valence-corrected chi connectivity index (χ3v) is 6.37. The van der Waals surface area contributed by atoms with E-state index >= 15 is 0 Å². The van der Waals surface area contributed by atoms with Gasteiger partial charge in [-0.05, 0) is 24.3 Å². The molecule has 2 aliphatic heterocycles. The molecule has 2 aromatic rings. The molecule has 2 fully saturated rings. The smallest absolute Gasteiger partial charge is 0.410 e. The van der Waals surface area contributed by atoms with Crippen LogP contribution in [0.4, 0.5) is 16.6 Å². The zero-order valence-corrected chi connectivity index (χ0v) is 15.5. The highest BCUT2D eigenvalue weighted by molar-refractivity contribution is 8.01. The van der Waals surface area contributed by atoms with E-state index in [2.05, 4.69) is 20.9 Å². The lowest BCUT2D eigenvalue weighted by atomic mass is 9.93. The highest BCUT2D eigenvalue weighted by atomic mass is 32.2. The van der Waals surface area contributed by atoms with Crippen molar-refractivity contribution in [2.75, 3.05) is 37.3 Å². The minimum atomic E-state index is -0.454. The van der Waals surface area contributed by atoms with Gasteiger partial charge in [-0.25, -0.2) is 9.78 Å². The summed E-state index contributed by atoms with van der Waals surface area (Å²) in [5.74, 6) is 1.05. The van der Waals surface area contributed by atoms with Crippen molar-refractivity contribution in [2.45, 2.75) is 27.7 Å². The van der Waals surface area contributed by atoms with Crippen LogP contribution in [-0.4, -0.2) is 53.2 Å². The highest BCUT2D eigenvalue weighted by Gasteiger charge is 2.46. The number of aromatic nitrogens is 2. The Bertz CT molecular complexity index is 785. The molecule has 0 radical (unpaired) electrons. The molecule has 4 rings (SSSR count). The second-order valence-corrected chi connectivity index (χ2v) is 8.66. The van der Waals surface area contributed by atoms with Crippen LogP contribution in [0.25, 0.3) is 0 Å². The van der Waals surface area contributed by atoms with E-state index in [1.54, 1.807) is 35.0 Å². The number of ether oxygens (including phenoxy) is 1. The van der Waals surface area contributed by atoms with Gasteiger partial charge in [0.25, 0.3) is 0 Å². The van der Waals surface area contributed by atoms with E-state index in [1.807, 2.05) is 17.5 Å². The van der Waals surface area contributed by atoms with Gasteiger partial charge in [0, 0.05) is 19.7 Å². The quantitative estimate of drug-likeness (QED) is 0.823. The largest absolute Gasteiger partial charge is 0.439 e. The minimum absolute atomic E-state index is 0.252. The van der Waals surface area contributed by atoms with Crippen LogP contribution in [0.15, 0.2) is 32.8 Å². The Hall–Kier alpha value is -2.00. The van der Waals surface area contributed by atoms with Crippen molar-refractivity contribution in [3.05, 3.63) is 23.6 Å². The van der Waals surface area contributed by atoms with Crippen molar-refractivity contribution in [1.29, 1.82) is 0 Å². The van der Waals surface area contributed by atoms with Crippen LogP contribution in [-0.2, 0) is 4.74 Å². The van der Waals surface area contributed by atoms with E-state index in [9.17, 15) is 4.79 Å². The van der Waals surface area contributed by atoms with Crippen LogP contribution in [0, 0.1) is 0 Å². The number of piperidine rings is 1. The Labute approximate surface area is 154 Å². The Morgan fingerprint density at radius 2 is 2.28 bits per heavy atom. The molecular formula is C16H19N5O2S2. The maximum absolute atomic E-state index is 11.8. The number of nitrogens with zero attached hydrogens (tertiary/aromatic N) is 4. The molecule has 1 atom stereocenters. The Morgan fingerprint density at radius 1 is 1.40 bits per heavy atom. The number of rotatable bonds is 3. The molecule has 0 bridgehead atoms. The average molecular weight is 377 g/mol. The van der Waals surface area contributed by atoms with Gasteiger partial charge in [0.15, 0.2) is 0 Å². The molecule has 1 amide bonds. The fourth-order valence-corrected chi connectivity index (χ4v) is 5.09. The van der Waals surface area contributed by atoms with Crippen LogP contribution in [0.3, 0.4) is 0 Å². The Balaban J connectivity index is 1.56. The van der Waals surface area contributed by atoms with E-state index in [0.29, 0.717) is 13.1 Å². The van der Waals surface area contributed by atoms with Crippen LogP contribution in [0.1, 0.15) is 12.8 Å². The number of carbonyl (C=O) groups is 1. The molecule has 2 N–H and O–H groups in total. The fourth-order valence-electron chi connectivity index (χ4n) is 3.37. The van der Waals surface area contributed by atoms with E-state index in [0.717, 1.165) is 34.4 Å². The van der Waals surface area contributed by atoms with Crippen LogP contribution >= 0.6 is 23.1 Å². The van der Waals surface area contributed by atoms with Crippen molar-refractivity contribution < 1.29 is 9.53 Å². The summed E-state index contributed by atoms with van der Waals surface area (Å²) in [6.07, 6.45) is 1.56. The molecule has 7 nitrogen and oxygen atoms in total. The molecule has 0 aromatic carbocycles. The number of anilines is 2. The zero-order chi connectivity index (χ0) is 17.4. The average Bonchev–Trinajstić information content (AvgIpc) is 3.15. The monoisotopic (exact) mass is 377 g/mol. The van der Waals surface area contributed by atoms with E-state index < -0.39 is 5.60 Å². The molecule has 0 aliphatic carbocycles. The van der Waals surface area contributed by atoms with Crippen LogP contribution < -0.4 is 10.6 Å². The number of hydrogen-bond acceptors (Lipinski definition) is 8. The first kappa shape index (κ1) is 16.5. The summed E-state index contributed by atoms with van der Waals surface area (Å²) in [5.41, 5.74) is 5.48. The van der Waals surface area contributed by atoms with Gasteiger partial charge in [-0.3, -0.25) is 0 Å². The maximum atomic E-state index is 11.8. The minimum Gasteiger partial charge on any atom is -0.439 e. The van der Waals surface area contributed by atoms with Gasteiger partial charge < -0.3 is 20.3 Å². The second-order valence-electron chi connectivity index (χ2n) is 6.39. The summed E-state index contributed by atoms with van der Waals surface area (Å²) in [7, 11) is 1.77. The summed E-state index contributed by atoms with van der Waals surface area (Å²) >= 11 is 3.24. The van der Waals surface area contributed by atoms with Crippen molar-refractivity contribution in [3.63, 3.8) is 0 Å². The van der Waals surface area contributed by atoms with Gasteiger partial charge in [0.1, 0.15) is 16.4 Å². The lowest BCUT2D eigenvalue weighted by molar-refractivity contribution is 0.0445. The molecule has 9 heteroatoms. The fraction of sp³-hybridized carbons (Fsp3) is 0.438. The standard InChI is InChI=1S/C16H19N5O2S2/c1-20-9-16(23-15(20)22)5-3-6-21(10-16)11-8-12(19-14(17)18-11)25-13-4-2-7-24-13/h2,4,7-8H,3,5-6,9-10H2,1H3,(H2,17,18,19). The van der Waals surface area contributed by atoms with E-state index in [4.69, 9.17) is 10.5 Å². The molecule has 132 valence electrons. The number of likely N-dealkylation sites (N-methyl/N-ethyl adjacent to an activating group) is 1. The summed E-state index contributed by atoms with van der Waals surface area (Å²) in [5, 5.41) is 2.86. The first-order valence-electron chi connectivity index (χ1n) is 8.08. The Kier molecular flexibility index (Phi) is 4.20. The third-order valence-electron chi connectivity index (χ3n) is 4.41. The van der Waals surface area contributed by atoms with Gasteiger partial charge in [0.2, 0.25) is 5.95 Å². The normalized spacial score (nSPS) is 23.3. The van der Waals surface area contributed by atoms with Crippen molar-refractivity contribution in [2.24, 2.45) is 0 Å². The second kappa shape index (κ2) is 6.38. The number of amides is 1. The van der Waals surface area contributed by atoms with Gasteiger partial charge in [-0.1, -0.05) is 17.8 Å². The predicted molar refractivity (Wildman–Crippen MR) is 98.2 cm³/mol. The SMILES string of the molecule is CN1CC2(CCCN(c3cc(Sc4cccs4)nc(N)n3)C2)OC1=O. The number of nitrogens with two attached hydrogens (primary N) is 1. The molecular weight excluding hydrogens is 358 g/mol. The number of carbonyl (C=O) groups excluding carboxylic acids is 1. The molecule has 0 saturated carbocycles. The van der Waals surface area contributed by atoms with Crippen LogP contribution in [0.5, 0.6) is 0 Å². The van der Waals surface area contributed by atoms with E-state index in [-0.39, 0.29) is 12.0 Å². The maximum Gasteiger partial charge on any atom is 0.410 e. The molecule has 2 aliphatic rings. The highest BCUT2D eigenvalue weighted by Crippen LogP contribution is 2.35. The third kappa shape index (κ3) is 3.38. The first-order chi connectivity index (χ1) is 12.0. The molecule has 4 heterocycles. The van der Waals surface area contributed by atoms with Gasteiger partial charge in [-0.15, -0.1) is 11.3 Å². The van der Waals surface area contributed by atoms with Crippen molar-refractivity contribution in [1.82, 2.24) is 14.9 Å². The topological polar surface area (TPSA) is 84.6 Å². The lowest BCUT2D eigenvalue weighted by Crippen LogP contribution is -2.51. The van der Waals surface area contributed by atoms with Gasteiger partial charge in [0.05, 0.1) is 17.3 Å². The molecule has 1 spiro atoms. The molecule has 25 heavy (non-hydrogen) atoms. The zero-order valence-electron chi connectivity index (χ0n) is 13.8. The van der Waals surface area contributed by atoms with Gasteiger partial charge in [-0.2, -0.15) is 4.98 Å². The number of nitrogen functional groups attached to an aromatic ring is 1. The summed E-state index contributed by atoms with van der Waals surface area (Å²) in [6, 6.07) is 6.02. The molecule has 1 unspecified atom stereocenters. The first-order valence-corrected chi connectivity index (χ1v) is 9.78. The van der Waals surface area contributed by atoms with Crippen molar-refractivity contribution >= 4 is 41.0 Å². The van der Waals surface area contributed by atoms with Gasteiger partial charge >= 0.3 is 6.09 Å². The molecule has 2 aromatic heterocycles. The number of thiophene rings is 1.